The standard InChI is InChI=1S/C20H18FN3O3S/c1-28(26,27)16-5-2-4-14(12-16)22-20(25)19-17-6-3-7-18(17)24(23-19)15-10-8-13(21)9-11-15/h2,4-5,8-12H,3,6-7H2,1H3,(H,22,25). The molecule has 0 spiro atoms. The minimum absolute atomic E-state index is 0.132. The number of carbonyl (C=O) groups excluding carboxylic acids is 1. The number of fused-ring (bicyclic) bond motifs is 1. The lowest BCUT2D eigenvalue weighted by molar-refractivity contribution is 0.102. The normalized spacial score (nSPS) is 13.4. The molecule has 0 fully saturated rings. The van der Waals surface area contributed by atoms with Crippen molar-refractivity contribution in [3.8, 4) is 5.69 Å². The van der Waals surface area contributed by atoms with Crippen molar-refractivity contribution >= 4 is 21.4 Å². The SMILES string of the molecule is CS(=O)(=O)c1cccc(NC(=O)c2nn(-c3ccc(F)cc3)c3c2CCC3)c1. The molecule has 2 aromatic carbocycles. The Labute approximate surface area is 161 Å². The summed E-state index contributed by atoms with van der Waals surface area (Å²) in [6.07, 6.45) is 3.56. The van der Waals surface area contributed by atoms with Crippen molar-refractivity contribution in [3.05, 3.63) is 71.3 Å². The average Bonchev–Trinajstić information content (AvgIpc) is 3.24. The van der Waals surface area contributed by atoms with Crippen LogP contribution in [0.5, 0.6) is 0 Å². The monoisotopic (exact) mass is 399 g/mol. The van der Waals surface area contributed by atoms with Gasteiger partial charge in [0.25, 0.3) is 5.91 Å². The van der Waals surface area contributed by atoms with Gasteiger partial charge in [-0.05, 0) is 61.7 Å². The summed E-state index contributed by atoms with van der Waals surface area (Å²) in [6.45, 7) is 0. The van der Waals surface area contributed by atoms with Crippen LogP contribution in [0.4, 0.5) is 10.1 Å². The van der Waals surface area contributed by atoms with Gasteiger partial charge >= 0.3 is 0 Å². The molecule has 0 saturated heterocycles. The first-order valence-electron chi connectivity index (χ1n) is 8.81. The minimum atomic E-state index is -3.37. The molecule has 0 bridgehead atoms. The molecule has 6 nitrogen and oxygen atoms in total. The molecule has 1 heterocycles. The highest BCUT2D eigenvalue weighted by molar-refractivity contribution is 7.90. The molecule has 1 aliphatic rings. The van der Waals surface area contributed by atoms with Crippen LogP contribution in [0.3, 0.4) is 0 Å². The van der Waals surface area contributed by atoms with E-state index in [1.165, 1.54) is 24.3 Å². The number of amides is 1. The second-order valence-corrected chi connectivity index (χ2v) is 8.79. The largest absolute Gasteiger partial charge is 0.321 e. The molecule has 1 aliphatic carbocycles. The molecule has 8 heteroatoms. The predicted octanol–water partition coefficient (Wildman–Crippen LogP) is 3.16. The number of benzene rings is 2. The van der Waals surface area contributed by atoms with E-state index in [0.717, 1.165) is 36.8 Å². The quantitative estimate of drug-likeness (QED) is 0.731. The number of halogens is 1. The summed E-state index contributed by atoms with van der Waals surface area (Å²) >= 11 is 0. The van der Waals surface area contributed by atoms with Crippen LogP contribution in [0.25, 0.3) is 5.69 Å². The van der Waals surface area contributed by atoms with Crippen molar-refractivity contribution in [2.75, 3.05) is 11.6 Å². The molecular formula is C20H18FN3O3S. The van der Waals surface area contributed by atoms with Crippen molar-refractivity contribution < 1.29 is 17.6 Å². The van der Waals surface area contributed by atoms with E-state index in [1.54, 1.807) is 28.9 Å². The van der Waals surface area contributed by atoms with Gasteiger partial charge in [0.1, 0.15) is 5.82 Å². The summed E-state index contributed by atoms with van der Waals surface area (Å²) < 4.78 is 38.4. The molecular weight excluding hydrogens is 381 g/mol. The summed E-state index contributed by atoms with van der Waals surface area (Å²) in [7, 11) is -3.37. The van der Waals surface area contributed by atoms with Gasteiger partial charge in [0.2, 0.25) is 0 Å². The average molecular weight is 399 g/mol. The fourth-order valence-corrected chi connectivity index (χ4v) is 4.08. The number of aromatic nitrogens is 2. The van der Waals surface area contributed by atoms with Crippen molar-refractivity contribution in [1.82, 2.24) is 9.78 Å². The highest BCUT2D eigenvalue weighted by Crippen LogP contribution is 2.28. The van der Waals surface area contributed by atoms with E-state index in [2.05, 4.69) is 10.4 Å². The van der Waals surface area contributed by atoms with Crippen LogP contribution in [-0.4, -0.2) is 30.4 Å². The summed E-state index contributed by atoms with van der Waals surface area (Å²) in [4.78, 5) is 13.0. The van der Waals surface area contributed by atoms with Crippen LogP contribution < -0.4 is 5.32 Å². The zero-order chi connectivity index (χ0) is 19.9. The molecule has 28 heavy (non-hydrogen) atoms. The number of nitrogens with zero attached hydrogens (tertiary/aromatic N) is 2. The Hall–Kier alpha value is -3.00. The Morgan fingerprint density at radius 2 is 1.89 bits per heavy atom. The molecule has 3 aromatic rings. The van der Waals surface area contributed by atoms with Crippen molar-refractivity contribution in [2.45, 2.75) is 24.2 Å². The molecule has 144 valence electrons. The second kappa shape index (κ2) is 6.87. The summed E-state index contributed by atoms with van der Waals surface area (Å²) in [5, 5.41) is 7.20. The fraction of sp³-hybridized carbons (Fsp3) is 0.200. The van der Waals surface area contributed by atoms with Crippen LogP contribution in [0.1, 0.15) is 28.2 Å². The molecule has 0 saturated carbocycles. The molecule has 4 rings (SSSR count). The molecule has 0 atom stereocenters. The minimum Gasteiger partial charge on any atom is -0.321 e. The van der Waals surface area contributed by atoms with Crippen LogP contribution in [0.2, 0.25) is 0 Å². The molecule has 0 unspecified atom stereocenters. The number of nitrogens with one attached hydrogen (secondary N) is 1. The zero-order valence-corrected chi connectivity index (χ0v) is 16.0. The third-order valence-corrected chi connectivity index (χ3v) is 5.85. The van der Waals surface area contributed by atoms with Gasteiger partial charge in [-0.1, -0.05) is 6.07 Å². The first-order valence-corrected chi connectivity index (χ1v) is 10.7. The maximum Gasteiger partial charge on any atom is 0.276 e. The maximum atomic E-state index is 13.2. The maximum absolute atomic E-state index is 13.2. The topological polar surface area (TPSA) is 81.1 Å². The Balaban J connectivity index is 1.67. The van der Waals surface area contributed by atoms with Gasteiger partial charge in [-0.2, -0.15) is 5.10 Å². The number of hydrogen-bond acceptors (Lipinski definition) is 4. The highest BCUT2D eigenvalue weighted by atomic mass is 32.2. The van der Waals surface area contributed by atoms with E-state index in [1.807, 2.05) is 0 Å². The first-order chi connectivity index (χ1) is 13.3. The van der Waals surface area contributed by atoms with E-state index in [9.17, 15) is 17.6 Å². The third kappa shape index (κ3) is 3.43. The number of rotatable bonds is 4. The lowest BCUT2D eigenvalue weighted by Crippen LogP contribution is -2.15. The summed E-state index contributed by atoms with van der Waals surface area (Å²) in [5.74, 6) is -0.735. The Morgan fingerprint density at radius 1 is 1.14 bits per heavy atom. The van der Waals surface area contributed by atoms with Crippen molar-refractivity contribution in [2.24, 2.45) is 0 Å². The molecule has 0 aliphatic heterocycles. The van der Waals surface area contributed by atoms with E-state index in [-0.39, 0.29) is 10.7 Å². The van der Waals surface area contributed by atoms with Crippen LogP contribution in [-0.2, 0) is 22.7 Å². The Kier molecular flexibility index (Phi) is 4.50. The lowest BCUT2D eigenvalue weighted by Gasteiger charge is -2.07. The van der Waals surface area contributed by atoms with Gasteiger partial charge in [0, 0.05) is 23.2 Å². The molecule has 1 aromatic heterocycles. The first kappa shape index (κ1) is 18.4. The number of hydrogen-bond donors (Lipinski definition) is 1. The summed E-state index contributed by atoms with van der Waals surface area (Å²) in [6, 6.07) is 12.1. The third-order valence-electron chi connectivity index (χ3n) is 4.74. The predicted molar refractivity (Wildman–Crippen MR) is 103 cm³/mol. The lowest BCUT2D eigenvalue weighted by atomic mass is 10.2. The van der Waals surface area contributed by atoms with E-state index in [4.69, 9.17) is 0 Å². The van der Waals surface area contributed by atoms with E-state index >= 15 is 0 Å². The molecule has 1 N–H and O–H groups in total. The number of sulfone groups is 1. The van der Waals surface area contributed by atoms with Gasteiger partial charge in [0.15, 0.2) is 15.5 Å². The van der Waals surface area contributed by atoms with Crippen molar-refractivity contribution in [3.63, 3.8) is 0 Å². The van der Waals surface area contributed by atoms with Crippen LogP contribution in [0.15, 0.2) is 53.4 Å². The highest BCUT2D eigenvalue weighted by Gasteiger charge is 2.27. The van der Waals surface area contributed by atoms with Gasteiger partial charge in [0.05, 0.1) is 10.6 Å². The Bertz CT molecular complexity index is 1170. The second-order valence-electron chi connectivity index (χ2n) is 6.77. The fourth-order valence-electron chi connectivity index (χ4n) is 3.41. The van der Waals surface area contributed by atoms with E-state index < -0.39 is 15.7 Å². The smallest absolute Gasteiger partial charge is 0.276 e. The number of carbonyl (C=O) groups is 1. The van der Waals surface area contributed by atoms with Crippen LogP contribution >= 0.6 is 0 Å². The zero-order valence-electron chi connectivity index (χ0n) is 15.1. The molecule has 1 amide bonds. The molecule has 0 radical (unpaired) electrons. The van der Waals surface area contributed by atoms with Gasteiger partial charge in [-0.3, -0.25) is 4.79 Å². The Morgan fingerprint density at radius 3 is 2.61 bits per heavy atom. The van der Waals surface area contributed by atoms with E-state index in [0.29, 0.717) is 17.1 Å². The van der Waals surface area contributed by atoms with Gasteiger partial charge < -0.3 is 5.32 Å². The van der Waals surface area contributed by atoms with Crippen molar-refractivity contribution in [1.29, 1.82) is 0 Å². The number of anilines is 1. The summed E-state index contributed by atoms with van der Waals surface area (Å²) in [5.41, 5.74) is 3.21. The van der Waals surface area contributed by atoms with Crippen LogP contribution in [0, 0.1) is 5.82 Å². The van der Waals surface area contributed by atoms with Gasteiger partial charge in [-0.15, -0.1) is 0 Å². The van der Waals surface area contributed by atoms with Gasteiger partial charge in [-0.25, -0.2) is 17.5 Å².